The maximum Gasteiger partial charge on any atom is 0.192 e. The second-order valence-corrected chi connectivity index (χ2v) is 6.26. The fraction of sp³-hybridized carbons (Fsp3) is 0.500. The maximum absolute atomic E-state index is 11.9. The van der Waals surface area contributed by atoms with Crippen molar-refractivity contribution in [3.8, 4) is 5.75 Å². The van der Waals surface area contributed by atoms with Gasteiger partial charge in [-0.2, -0.15) is 0 Å². The zero-order valence-corrected chi connectivity index (χ0v) is 13.6. The van der Waals surface area contributed by atoms with Crippen LogP contribution in [0.1, 0.15) is 25.0 Å². The van der Waals surface area contributed by atoms with Gasteiger partial charge in [0.05, 0.1) is 12.0 Å². The summed E-state index contributed by atoms with van der Waals surface area (Å²) in [4.78, 5) is 14.3. The Hall–Kier alpha value is -1.85. The summed E-state index contributed by atoms with van der Waals surface area (Å²) in [5.74, 6) is 1.36. The van der Waals surface area contributed by atoms with E-state index in [2.05, 4.69) is 4.90 Å². The van der Waals surface area contributed by atoms with Crippen molar-refractivity contribution in [2.75, 3.05) is 26.2 Å². The predicted octanol–water partition coefficient (Wildman–Crippen LogP) is 2.29. The van der Waals surface area contributed by atoms with Crippen molar-refractivity contribution in [1.82, 2.24) is 4.90 Å². The smallest absolute Gasteiger partial charge is 0.192 e. The molecular weight excluding hydrogens is 292 g/mol. The topological polar surface area (TPSA) is 68.7 Å². The Labute approximate surface area is 136 Å². The van der Waals surface area contributed by atoms with Gasteiger partial charge >= 0.3 is 0 Å². The van der Waals surface area contributed by atoms with E-state index < -0.39 is 0 Å². The lowest BCUT2D eigenvalue weighted by molar-refractivity contribution is 0.194. The number of piperidine rings is 1. The zero-order valence-electron chi connectivity index (χ0n) is 13.6. The van der Waals surface area contributed by atoms with Crippen LogP contribution in [0.2, 0.25) is 0 Å². The summed E-state index contributed by atoms with van der Waals surface area (Å²) < 4.78 is 11.4. The molecule has 2 heterocycles. The Morgan fingerprint density at radius 1 is 1.30 bits per heavy atom. The summed E-state index contributed by atoms with van der Waals surface area (Å²) in [5.41, 5.74) is 6.48. The minimum absolute atomic E-state index is 0.0152. The molecular formula is C18H24N2O3. The van der Waals surface area contributed by atoms with Crippen molar-refractivity contribution in [3.05, 3.63) is 40.2 Å². The van der Waals surface area contributed by atoms with Crippen molar-refractivity contribution in [2.45, 2.75) is 32.2 Å². The summed E-state index contributed by atoms with van der Waals surface area (Å²) in [6.45, 7) is 5.64. The van der Waals surface area contributed by atoms with Crippen molar-refractivity contribution in [1.29, 1.82) is 0 Å². The van der Waals surface area contributed by atoms with Crippen molar-refractivity contribution in [3.63, 3.8) is 0 Å². The molecule has 5 heteroatoms. The summed E-state index contributed by atoms with van der Waals surface area (Å²) in [6.07, 6.45) is 3.15. The lowest BCUT2D eigenvalue weighted by atomic mass is 10.1. The third kappa shape index (κ3) is 4.12. The molecule has 0 radical (unpaired) electrons. The second-order valence-electron chi connectivity index (χ2n) is 6.26. The number of likely N-dealkylation sites (tertiary alicyclic amines) is 1. The van der Waals surface area contributed by atoms with Gasteiger partial charge < -0.3 is 19.8 Å². The van der Waals surface area contributed by atoms with E-state index in [1.165, 1.54) is 6.07 Å². The highest BCUT2D eigenvalue weighted by Crippen LogP contribution is 2.19. The highest BCUT2D eigenvalue weighted by atomic mass is 16.5. The second kappa shape index (κ2) is 7.15. The van der Waals surface area contributed by atoms with Gasteiger partial charge in [-0.15, -0.1) is 0 Å². The summed E-state index contributed by atoms with van der Waals surface area (Å²) in [7, 11) is 0. The van der Waals surface area contributed by atoms with Crippen LogP contribution in [0.3, 0.4) is 0 Å². The minimum Gasteiger partial charge on any atom is -0.493 e. The number of rotatable bonds is 5. The van der Waals surface area contributed by atoms with Crippen LogP contribution in [-0.2, 0) is 0 Å². The summed E-state index contributed by atoms with van der Waals surface area (Å²) in [6, 6.07) is 7.27. The van der Waals surface area contributed by atoms with E-state index in [4.69, 9.17) is 14.9 Å². The maximum atomic E-state index is 11.9. The summed E-state index contributed by atoms with van der Waals surface area (Å²) >= 11 is 0. The quantitative estimate of drug-likeness (QED) is 0.857. The molecule has 124 valence electrons. The first-order chi connectivity index (χ1) is 11.1. The Kier molecular flexibility index (Phi) is 4.98. The molecule has 0 bridgehead atoms. The molecule has 23 heavy (non-hydrogen) atoms. The number of ether oxygens (including phenoxy) is 1. The lowest BCUT2D eigenvalue weighted by Gasteiger charge is -2.29. The van der Waals surface area contributed by atoms with Crippen molar-refractivity contribution in [2.24, 2.45) is 5.73 Å². The molecule has 1 fully saturated rings. The molecule has 0 saturated carbocycles. The normalized spacial score (nSPS) is 16.8. The van der Waals surface area contributed by atoms with E-state index >= 15 is 0 Å². The Balaban J connectivity index is 1.52. The van der Waals surface area contributed by atoms with Crippen LogP contribution < -0.4 is 15.9 Å². The molecule has 2 N–H and O–H groups in total. The number of hydrogen-bond donors (Lipinski definition) is 1. The molecule has 1 aliphatic rings. The van der Waals surface area contributed by atoms with Gasteiger partial charge in [0.1, 0.15) is 17.1 Å². The van der Waals surface area contributed by atoms with Gasteiger partial charge in [-0.25, -0.2) is 0 Å². The molecule has 0 atom stereocenters. The number of nitrogens with two attached hydrogens (primary N) is 1. The van der Waals surface area contributed by atoms with E-state index in [1.807, 2.05) is 6.07 Å². The fourth-order valence-corrected chi connectivity index (χ4v) is 3.00. The van der Waals surface area contributed by atoms with Gasteiger partial charge in [-0.1, -0.05) is 0 Å². The van der Waals surface area contributed by atoms with Crippen LogP contribution in [0.4, 0.5) is 0 Å². The molecule has 1 aromatic heterocycles. The monoisotopic (exact) mass is 316 g/mol. The molecule has 0 aliphatic carbocycles. The number of benzene rings is 1. The number of fused-ring (bicyclic) bond motifs is 1. The first kappa shape index (κ1) is 16.0. The van der Waals surface area contributed by atoms with Crippen LogP contribution in [0.15, 0.2) is 33.5 Å². The Morgan fingerprint density at radius 3 is 2.87 bits per heavy atom. The van der Waals surface area contributed by atoms with Crippen LogP contribution >= 0.6 is 0 Å². The summed E-state index contributed by atoms with van der Waals surface area (Å²) in [5, 5.41) is 0.590. The van der Waals surface area contributed by atoms with Gasteiger partial charge in [-0.05, 0) is 51.4 Å². The van der Waals surface area contributed by atoms with Crippen molar-refractivity contribution >= 4 is 11.0 Å². The van der Waals surface area contributed by atoms with Gasteiger partial charge in [-0.3, -0.25) is 4.79 Å². The highest BCUT2D eigenvalue weighted by molar-refractivity contribution is 5.77. The molecule has 5 nitrogen and oxygen atoms in total. The highest BCUT2D eigenvalue weighted by Gasteiger charge is 2.15. The number of aryl methyl sites for hydroxylation is 1. The third-order valence-electron chi connectivity index (χ3n) is 4.34. The van der Waals surface area contributed by atoms with E-state index in [0.717, 1.165) is 44.6 Å². The van der Waals surface area contributed by atoms with Gasteiger partial charge in [0, 0.05) is 24.7 Å². The minimum atomic E-state index is -0.0152. The molecule has 1 aromatic carbocycles. The molecule has 3 rings (SSSR count). The standard InChI is InChI=1S/C18H24N2O3/c1-13-11-17(21)16-4-3-15(12-18(16)23-13)22-10-2-7-20-8-5-14(19)6-9-20/h3-4,11-12,14H,2,5-10,19H2,1H3. The number of hydrogen-bond acceptors (Lipinski definition) is 5. The SMILES string of the molecule is Cc1cc(=O)c2ccc(OCCCN3CCC(N)CC3)cc2o1. The van der Waals surface area contributed by atoms with Crippen LogP contribution in [0.5, 0.6) is 5.75 Å². The lowest BCUT2D eigenvalue weighted by Crippen LogP contribution is -2.40. The predicted molar refractivity (Wildman–Crippen MR) is 91.0 cm³/mol. The van der Waals surface area contributed by atoms with E-state index in [0.29, 0.717) is 29.4 Å². The zero-order chi connectivity index (χ0) is 16.2. The fourth-order valence-electron chi connectivity index (χ4n) is 3.00. The Morgan fingerprint density at radius 2 is 2.09 bits per heavy atom. The average molecular weight is 316 g/mol. The van der Waals surface area contributed by atoms with Crippen molar-refractivity contribution < 1.29 is 9.15 Å². The first-order valence-corrected chi connectivity index (χ1v) is 8.27. The molecule has 0 spiro atoms. The van der Waals surface area contributed by atoms with E-state index in [9.17, 15) is 4.79 Å². The van der Waals surface area contributed by atoms with E-state index in [-0.39, 0.29) is 5.43 Å². The number of nitrogens with zero attached hydrogens (tertiary/aromatic N) is 1. The molecule has 1 aliphatic heterocycles. The van der Waals surface area contributed by atoms with E-state index in [1.54, 1.807) is 19.1 Å². The molecule has 1 saturated heterocycles. The Bertz CT molecular complexity index is 718. The van der Waals surface area contributed by atoms with Crippen LogP contribution in [0.25, 0.3) is 11.0 Å². The van der Waals surface area contributed by atoms with Gasteiger partial charge in [0.25, 0.3) is 0 Å². The first-order valence-electron chi connectivity index (χ1n) is 8.27. The third-order valence-corrected chi connectivity index (χ3v) is 4.34. The van der Waals surface area contributed by atoms with Gasteiger partial charge in [0.15, 0.2) is 5.43 Å². The molecule has 2 aromatic rings. The van der Waals surface area contributed by atoms with Crippen LogP contribution in [-0.4, -0.2) is 37.2 Å². The largest absolute Gasteiger partial charge is 0.493 e. The molecule has 0 unspecified atom stereocenters. The average Bonchev–Trinajstić information content (AvgIpc) is 2.53. The van der Waals surface area contributed by atoms with Gasteiger partial charge in [0.2, 0.25) is 0 Å². The van der Waals surface area contributed by atoms with Crippen LogP contribution in [0, 0.1) is 6.92 Å². The molecule has 0 amide bonds.